The summed E-state index contributed by atoms with van der Waals surface area (Å²) in [6.07, 6.45) is 5.55. The molecular weight excluding hydrogens is 401 g/mol. The maximum absolute atomic E-state index is 5.40. The molecule has 0 saturated carbocycles. The van der Waals surface area contributed by atoms with Crippen LogP contribution in [0.2, 0.25) is 0 Å². The molecule has 3 rings (SSSR count). The summed E-state index contributed by atoms with van der Waals surface area (Å²) < 4.78 is 5.40. The van der Waals surface area contributed by atoms with Crippen LogP contribution in [0.25, 0.3) is 16.7 Å². The maximum atomic E-state index is 5.40. The van der Waals surface area contributed by atoms with Crippen molar-refractivity contribution in [2.24, 2.45) is 0 Å². The number of benzene rings is 2. The number of halogens is 2. The molecule has 1 aliphatic rings. The van der Waals surface area contributed by atoms with Crippen LogP contribution in [-0.4, -0.2) is 25.5 Å². The fourth-order valence-corrected chi connectivity index (χ4v) is 3.53. The fraction of sp³-hybridized carbons (Fsp3) is 0.238. The van der Waals surface area contributed by atoms with Crippen LogP contribution in [0, 0.1) is 0 Å². The standard InChI is InChI=1S/C21H22NO.2ClH.Ti/c1-22(2)14-16-9-7-13-18(16)20-11-5-6-12-21(20)19-10-4-3-8-17(19)15-23;;;/h3-12H,13-15H2,1-2H3;2*1H;/q-1;;;+1. The Morgan fingerprint density at radius 1 is 0.923 bits per heavy atom. The van der Waals surface area contributed by atoms with Crippen molar-refractivity contribution in [2.45, 2.75) is 13.0 Å². The first kappa shape index (κ1) is 23.2. The molecule has 5 heteroatoms. The molecule has 0 unspecified atom stereocenters. The van der Waals surface area contributed by atoms with Crippen molar-refractivity contribution >= 4 is 30.4 Å². The molecule has 0 aromatic heterocycles. The minimum absolute atomic E-state index is 0. The Labute approximate surface area is 181 Å². The number of hydrogen-bond acceptors (Lipinski definition) is 2. The Morgan fingerprint density at radius 2 is 1.54 bits per heavy atom. The molecule has 26 heavy (non-hydrogen) atoms. The van der Waals surface area contributed by atoms with Gasteiger partial charge in [-0.3, -0.25) is 0 Å². The number of nitrogens with zero attached hydrogens (tertiary/aromatic N) is 1. The van der Waals surface area contributed by atoms with Crippen molar-refractivity contribution in [3.63, 3.8) is 0 Å². The molecule has 2 aromatic carbocycles. The van der Waals surface area contributed by atoms with Crippen LogP contribution in [0.5, 0.6) is 0 Å². The van der Waals surface area contributed by atoms with Crippen molar-refractivity contribution in [1.82, 2.24) is 4.90 Å². The smallest absolute Gasteiger partial charge is 0.147 e. The summed E-state index contributed by atoms with van der Waals surface area (Å²) in [6, 6.07) is 17.3. The average molecular weight is 425 g/mol. The molecule has 0 spiro atoms. The summed E-state index contributed by atoms with van der Waals surface area (Å²) in [6.45, 7) is 1.60. The topological polar surface area (TPSA) is 12.5 Å². The summed E-state index contributed by atoms with van der Waals surface area (Å²) >= 11 is 1.75. The normalized spacial score (nSPS) is 12.8. The van der Waals surface area contributed by atoms with Crippen LogP contribution in [-0.2, 0) is 30.7 Å². The molecule has 2 nitrogen and oxygen atoms in total. The Hall–Kier alpha value is -0.866. The van der Waals surface area contributed by atoms with E-state index in [1.165, 1.54) is 33.4 Å². The van der Waals surface area contributed by atoms with Crippen LogP contribution >= 0.6 is 24.8 Å². The van der Waals surface area contributed by atoms with E-state index < -0.39 is 0 Å². The van der Waals surface area contributed by atoms with Gasteiger partial charge in [0.1, 0.15) is 0 Å². The van der Waals surface area contributed by atoms with Gasteiger partial charge in [0.2, 0.25) is 0 Å². The van der Waals surface area contributed by atoms with Crippen LogP contribution in [0.4, 0.5) is 0 Å². The van der Waals surface area contributed by atoms with Crippen LogP contribution in [0.3, 0.4) is 0 Å². The van der Waals surface area contributed by atoms with E-state index in [0.29, 0.717) is 6.61 Å². The second-order valence-corrected chi connectivity index (χ2v) is 6.79. The number of rotatable bonds is 6. The molecule has 0 bridgehead atoms. The number of likely N-dealkylation sites (N-methyl/N-ethyl adjacent to an activating group) is 1. The second kappa shape index (κ2) is 11.1. The van der Waals surface area contributed by atoms with Crippen molar-refractivity contribution in [3.8, 4) is 11.1 Å². The molecule has 0 heterocycles. The van der Waals surface area contributed by atoms with Crippen molar-refractivity contribution in [2.75, 3.05) is 20.6 Å². The quantitative estimate of drug-likeness (QED) is 0.571. The first-order chi connectivity index (χ1) is 11.7. The van der Waals surface area contributed by atoms with Crippen molar-refractivity contribution in [3.05, 3.63) is 77.4 Å². The number of allylic oxidation sites excluding steroid dienone is 2. The van der Waals surface area contributed by atoms with Gasteiger partial charge in [-0.2, -0.15) is 0 Å². The van der Waals surface area contributed by atoms with Gasteiger partial charge >= 0.3 is 157 Å². The first-order valence-electron chi connectivity index (χ1n) is 8.20. The van der Waals surface area contributed by atoms with Gasteiger partial charge in [-0.15, -0.1) is 24.8 Å². The molecule has 137 valence electrons. The summed E-state index contributed by atoms with van der Waals surface area (Å²) in [5.74, 6) is 0. The van der Waals surface area contributed by atoms with Gasteiger partial charge in [0.25, 0.3) is 0 Å². The van der Waals surface area contributed by atoms with E-state index >= 15 is 0 Å². The minimum atomic E-state index is 0. The average Bonchev–Trinajstić information content (AvgIpc) is 3.03. The third-order valence-corrected chi connectivity index (χ3v) is 4.53. The molecule has 0 aliphatic heterocycles. The van der Waals surface area contributed by atoms with Gasteiger partial charge in [0, 0.05) is 0 Å². The minimum Gasteiger partial charge on any atom is -0.147 e. The molecular formula is C21H24Cl2NOTi. The Kier molecular flexibility index (Phi) is 9.88. The van der Waals surface area contributed by atoms with E-state index in [1.54, 1.807) is 20.8 Å². The third kappa shape index (κ3) is 5.33. The molecule has 0 saturated heterocycles. The third-order valence-electron chi connectivity index (χ3n) is 4.30. The van der Waals surface area contributed by atoms with Crippen molar-refractivity contribution < 1.29 is 24.1 Å². The van der Waals surface area contributed by atoms with Crippen LogP contribution in [0.15, 0.2) is 66.3 Å². The molecule has 2 aromatic rings. The zero-order chi connectivity index (χ0) is 16.9. The summed E-state index contributed by atoms with van der Waals surface area (Å²) in [4.78, 5) is 2.23. The van der Waals surface area contributed by atoms with Gasteiger partial charge in [0.15, 0.2) is 0 Å². The Morgan fingerprint density at radius 3 is 2.19 bits per heavy atom. The zero-order valence-corrected chi connectivity index (χ0v) is 18.3. The van der Waals surface area contributed by atoms with E-state index in [-0.39, 0.29) is 24.8 Å². The molecule has 0 atom stereocenters. The van der Waals surface area contributed by atoms with Gasteiger partial charge in [-0.05, 0) is 0 Å². The summed E-state index contributed by atoms with van der Waals surface area (Å²) in [7, 11) is 4.24. The van der Waals surface area contributed by atoms with E-state index in [1.807, 2.05) is 0 Å². The monoisotopic (exact) mass is 424 g/mol. The molecule has 0 N–H and O–H groups in total. The molecule has 1 aliphatic carbocycles. The van der Waals surface area contributed by atoms with Crippen LogP contribution in [0.1, 0.15) is 17.5 Å². The first-order valence-corrected chi connectivity index (χ1v) is 8.84. The Bertz CT molecular complexity index is 787. The summed E-state index contributed by atoms with van der Waals surface area (Å²) in [5, 5.41) is 0. The van der Waals surface area contributed by atoms with Crippen molar-refractivity contribution in [1.29, 1.82) is 0 Å². The number of hydrogen-bond donors (Lipinski definition) is 0. The summed E-state index contributed by atoms with van der Waals surface area (Å²) in [5.41, 5.74) is 7.97. The van der Waals surface area contributed by atoms with E-state index in [9.17, 15) is 0 Å². The predicted octanol–water partition coefficient (Wildman–Crippen LogP) is 5.45. The molecule has 0 amide bonds. The Balaban J connectivity index is 0.00000169. The van der Waals surface area contributed by atoms with Gasteiger partial charge < -0.3 is 0 Å². The van der Waals surface area contributed by atoms with Crippen LogP contribution < -0.4 is 0 Å². The van der Waals surface area contributed by atoms with E-state index in [2.05, 4.69) is 79.7 Å². The van der Waals surface area contributed by atoms with E-state index in [4.69, 9.17) is 3.32 Å². The maximum Gasteiger partial charge on any atom is -0.147 e. The second-order valence-electron chi connectivity index (χ2n) is 6.34. The predicted molar refractivity (Wildman–Crippen MR) is 110 cm³/mol. The van der Waals surface area contributed by atoms with Gasteiger partial charge in [-0.25, -0.2) is 0 Å². The van der Waals surface area contributed by atoms with Gasteiger partial charge in [-0.1, -0.05) is 0 Å². The SMILES string of the molecule is CN(C)CC1=C(c2ccccc2-c2ccccc2C[O][Ti])CC=C1.Cl.Cl. The molecule has 0 radical (unpaired) electrons. The van der Waals surface area contributed by atoms with Gasteiger partial charge in [0.05, 0.1) is 0 Å². The zero-order valence-electron chi connectivity index (χ0n) is 15.1. The molecule has 0 fully saturated rings. The fourth-order valence-electron chi connectivity index (χ4n) is 3.29. The largest absolute Gasteiger partial charge is 0.147 e. The van der Waals surface area contributed by atoms with E-state index in [0.717, 1.165) is 13.0 Å².